The molecule has 0 heterocycles. The number of likely N-dealkylation sites (N-methyl/N-ethyl adjacent to an activating group) is 1. The zero-order valence-electron chi connectivity index (χ0n) is 7.43. The first-order valence-electron chi connectivity index (χ1n) is 3.85. The van der Waals surface area contributed by atoms with Crippen LogP contribution in [0.25, 0.3) is 0 Å². The van der Waals surface area contributed by atoms with Gasteiger partial charge in [0.1, 0.15) is 0 Å². The second-order valence-electron chi connectivity index (χ2n) is 2.52. The Bertz CT molecular complexity index is 215. The third-order valence-corrected chi connectivity index (χ3v) is 2.04. The molecule has 3 N–H and O–H groups in total. The highest BCUT2D eigenvalue weighted by molar-refractivity contribution is 7.85. The standard InChI is InChI=1S/C6H15NO5S/c1-7-5-6(8)12-3-2-4-13(9,10)11/h6-8H,2-5H2,1H3,(H,9,10,11). The highest BCUT2D eigenvalue weighted by Gasteiger charge is 2.05. The van der Waals surface area contributed by atoms with Crippen LogP contribution >= 0.6 is 0 Å². The molecule has 6 nitrogen and oxygen atoms in total. The average Bonchev–Trinajstić information content (AvgIpc) is 1.97. The molecule has 0 aromatic carbocycles. The fourth-order valence-corrected chi connectivity index (χ4v) is 1.18. The lowest BCUT2D eigenvalue weighted by Gasteiger charge is -2.10. The van der Waals surface area contributed by atoms with Gasteiger partial charge in [-0.15, -0.1) is 0 Å². The van der Waals surface area contributed by atoms with Crippen molar-refractivity contribution in [2.45, 2.75) is 12.7 Å². The lowest BCUT2D eigenvalue weighted by atomic mass is 10.5. The highest BCUT2D eigenvalue weighted by Crippen LogP contribution is 1.92. The second kappa shape index (κ2) is 6.28. The maximum Gasteiger partial charge on any atom is 0.264 e. The van der Waals surface area contributed by atoms with Crippen molar-refractivity contribution in [3.8, 4) is 0 Å². The largest absolute Gasteiger partial charge is 0.367 e. The van der Waals surface area contributed by atoms with Crippen LogP contribution < -0.4 is 5.32 Å². The van der Waals surface area contributed by atoms with E-state index < -0.39 is 16.4 Å². The van der Waals surface area contributed by atoms with E-state index in [2.05, 4.69) is 5.32 Å². The van der Waals surface area contributed by atoms with Crippen LogP contribution in [0.1, 0.15) is 6.42 Å². The Morgan fingerprint density at radius 3 is 2.62 bits per heavy atom. The van der Waals surface area contributed by atoms with Crippen molar-refractivity contribution in [1.82, 2.24) is 5.32 Å². The van der Waals surface area contributed by atoms with Crippen molar-refractivity contribution in [2.75, 3.05) is 26.0 Å². The van der Waals surface area contributed by atoms with Crippen molar-refractivity contribution in [3.05, 3.63) is 0 Å². The summed E-state index contributed by atoms with van der Waals surface area (Å²) >= 11 is 0. The van der Waals surface area contributed by atoms with Gasteiger partial charge in [0.2, 0.25) is 0 Å². The molecule has 80 valence electrons. The van der Waals surface area contributed by atoms with Crippen LogP contribution in [0, 0.1) is 0 Å². The number of nitrogens with one attached hydrogen (secondary N) is 1. The van der Waals surface area contributed by atoms with E-state index >= 15 is 0 Å². The molecule has 0 saturated carbocycles. The van der Waals surface area contributed by atoms with Crippen LogP contribution in [0.15, 0.2) is 0 Å². The minimum absolute atomic E-state index is 0.0998. The van der Waals surface area contributed by atoms with Gasteiger partial charge in [-0.3, -0.25) is 4.55 Å². The van der Waals surface area contributed by atoms with Gasteiger partial charge in [0.15, 0.2) is 6.29 Å². The van der Waals surface area contributed by atoms with Crippen LogP contribution in [0.4, 0.5) is 0 Å². The SMILES string of the molecule is CNCC(O)OCCCS(=O)(=O)O. The third-order valence-electron chi connectivity index (χ3n) is 1.24. The van der Waals surface area contributed by atoms with Gasteiger partial charge in [0.25, 0.3) is 10.1 Å². The van der Waals surface area contributed by atoms with Gasteiger partial charge in [-0.05, 0) is 13.5 Å². The molecule has 1 unspecified atom stereocenters. The summed E-state index contributed by atoms with van der Waals surface area (Å²) in [5, 5.41) is 11.7. The lowest BCUT2D eigenvalue weighted by molar-refractivity contribution is -0.0946. The number of hydrogen-bond donors (Lipinski definition) is 3. The first-order valence-corrected chi connectivity index (χ1v) is 5.46. The van der Waals surface area contributed by atoms with E-state index in [1.54, 1.807) is 7.05 Å². The van der Waals surface area contributed by atoms with E-state index in [1.165, 1.54) is 0 Å². The monoisotopic (exact) mass is 213 g/mol. The molecular formula is C6H15NO5S. The summed E-state index contributed by atoms with van der Waals surface area (Å²) in [4.78, 5) is 0. The Labute approximate surface area is 77.7 Å². The molecule has 0 aromatic rings. The summed E-state index contributed by atoms with van der Waals surface area (Å²) in [6.45, 7) is 0.383. The first-order chi connectivity index (χ1) is 5.95. The number of ether oxygens (including phenoxy) is 1. The third kappa shape index (κ3) is 9.71. The van der Waals surface area contributed by atoms with Crippen molar-refractivity contribution >= 4 is 10.1 Å². The smallest absolute Gasteiger partial charge is 0.264 e. The van der Waals surface area contributed by atoms with E-state index in [1.807, 2.05) is 0 Å². The Hall–Kier alpha value is -0.210. The quantitative estimate of drug-likeness (QED) is 0.280. The van der Waals surface area contributed by atoms with E-state index in [4.69, 9.17) is 14.4 Å². The number of aliphatic hydroxyl groups is 1. The van der Waals surface area contributed by atoms with Crippen molar-refractivity contribution in [2.24, 2.45) is 0 Å². The van der Waals surface area contributed by atoms with Gasteiger partial charge < -0.3 is 15.2 Å². The Morgan fingerprint density at radius 2 is 2.15 bits per heavy atom. The maximum absolute atomic E-state index is 10.2. The predicted octanol–water partition coefficient (Wildman–Crippen LogP) is -1.18. The number of aliphatic hydroxyl groups excluding tert-OH is 1. The van der Waals surface area contributed by atoms with E-state index in [-0.39, 0.29) is 25.3 Å². The fourth-order valence-electron chi connectivity index (χ4n) is 0.694. The van der Waals surface area contributed by atoms with Gasteiger partial charge in [-0.25, -0.2) is 0 Å². The normalized spacial score (nSPS) is 14.4. The first kappa shape index (κ1) is 12.8. The van der Waals surface area contributed by atoms with Gasteiger partial charge in [-0.2, -0.15) is 8.42 Å². The molecule has 0 aliphatic rings. The van der Waals surface area contributed by atoms with E-state index in [0.29, 0.717) is 0 Å². The molecule has 1 atom stereocenters. The molecule has 0 radical (unpaired) electrons. The topological polar surface area (TPSA) is 95.9 Å². The van der Waals surface area contributed by atoms with Crippen LogP contribution in [-0.4, -0.2) is 50.3 Å². The maximum atomic E-state index is 10.2. The summed E-state index contributed by atoms with van der Waals surface area (Å²) < 4.78 is 33.6. The van der Waals surface area contributed by atoms with Crippen molar-refractivity contribution in [1.29, 1.82) is 0 Å². The van der Waals surface area contributed by atoms with Crippen LogP contribution in [-0.2, 0) is 14.9 Å². The molecule has 0 saturated heterocycles. The van der Waals surface area contributed by atoms with Gasteiger partial charge in [0, 0.05) is 6.54 Å². The fraction of sp³-hybridized carbons (Fsp3) is 1.00. The number of hydrogen-bond acceptors (Lipinski definition) is 5. The van der Waals surface area contributed by atoms with E-state index in [0.717, 1.165) is 0 Å². The summed E-state index contributed by atoms with van der Waals surface area (Å²) in [5.41, 5.74) is 0. The molecule has 13 heavy (non-hydrogen) atoms. The molecule has 0 aliphatic carbocycles. The van der Waals surface area contributed by atoms with Crippen LogP contribution in [0.3, 0.4) is 0 Å². The summed E-state index contributed by atoms with van der Waals surface area (Å²) in [7, 11) is -2.25. The van der Waals surface area contributed by atoms with E-state index in [9.17, 15) is 8.42 Å². The summed E-state index contributed by atoms with van der Waals surface area (Å²) in [6, 6.07) is 0. The molecular weight excluding hydrogens is 198 g/mol. The van der Waals surface area contributed by atoms with Gasteiger partial charge in [0.05, 0.1) is 12.4 Å². The lowest BCUT2D eigenvalue weighted by Crippen LogP contribution is -2.26. The Morgan fingerprint density at radius 1 is 1.54 bits per heavy atom. The zero-order chi connectivity index (χ0) is 10.3. The molecule has 0 aliphatic heterocycles. The molecule has 0 aromatic heterocycles. The molecule has 0 rings (SSSR count). The molecule has 0 spiro atoms. The average molecular weight is 213 g/mol. The Balaban J connectivity index is 3.36. The second-order valence-corrected chi connectivity index (χ2v) is 4.09. The van der Waals surface area contributed by atoms with Crippen LogP contribution in [0.2, 0.25) is 0 Å². The summed E-state index contributed by atoms with van der Waals surface area (Å²) in [5.74, 6) is -0.348. The minimum atomic E-state index is -3.91. The molecule has 0 amide bonds. The van der Waals surface area contributed by atoms with Crippen LogP contribution in [0.5, 0.6) is 0 Å². The Kier molecular flexibility index (Phi) is 6.17. The number of rotatable bonds is 7. The van der Waals surface area contributed by atoms with Crippen molar-refractivity contribution < 1.29 is 22.8 Å². The predicted molar refractivity (Wildman–Crippen MR) is 46.9 cm³/mol. The zero-order valence-corrected chi connectivity index (χ0v) is 8.25. The molecule has 0 bridgehead atoms. The molecule has 7 heteroatoms. The van der Waals surface area contributed by atoms with Crippen molar-refractivity contribution in [3.63, 3.8) is 0 Å². The van der Waals surface area contributed by atoms with Gasteiger partial charge >= 0.3 is 0 Å². The molecule has 0 fully saturated rings. The van der Waals surface area contributed by atoms with Gasteiger partial charge in [-0.1, -0.05) is 0 Å². The highest BCUT2D eigenvalue weighted by atomic mass is 32.2. The summed E-state index contributed by atoms with van der Waals surface area (Å²) in [6.07, 6.45) is -0.772. The minimum Gasteiger partial charge on any atom is -0.367 e.